The van der Waals surface area contributed by atoms with Gasteiger partial charge in [-0.3, -0.25) is 14.4 Å². The monoisotopic (exact) mass is 358 g/mol. The van der Waals surface area contributed by atoms with E-state index in [9.17, 15) is 14.4 Å². The largest absolute Gasteiger partial charge is 0.385 e. The zero-order valence-electron chi connectivity index (χ0n) is 16.8. The zero-order chi connectivity index (χ0) is 19.5. The van der Waals surface area contributed by atoms with Gasteiger partial charge in [0.05, 0.1) is 0 Å². The Labute approximate surface area is 153 Å². The first-order valence-corrected chi connectivity index (χ1v) is 9.43. The third-order valence-electron chi connectivity index (χ3n) is 3.22. The first-order chi connectivity index (χ1) is 11.9. The van der Waals surface area contributed by atoms with Crippen LogP contribution >= 0.6 is 0 Å². The first kappa shape index (κ1) is 25.8. The normalized spacial score (nSPS) is 10.0. The van der Waals surface area contributed by atoms with Gasteiger partial charge in [0.25, 0.3) is 0 Å². The van der Waals surface area contributed by atoms with Crippen LogP contribution in [0.2, 0.25) is 0 Å². The third-order valence-corrected chi connectivity index (χ3v) is 3.22. The van der Waals surface area contributed by atoms with Crippen LogP contribution in [0.25, 0.3) is 0 Å². The van der Waals surface area contributed by atoms with Crippen LogP contribution in [0.1, 0.15) is 72.6 Å². The molecular weight excluding hydrogens is 320 g/mol. The van der Waals surface area contributed by atoms with E-state index in [1.54, 1.807) is 7.11 Å². The molecule has 0 aromatic rings. The number of ether oxygens (including phenoxy) is 1. The van der Waals surface area contributed by atoms with Crippen molar-refractivity contribution in [2.24, 2.45) is 5.92 Å². The molecule has 0 fully saturated rings. The first-order valence-electron chi connectivity index (χ1n) is 9.43. The number of nitrogens with one attached hydrogen (secondary N) is 2. The Hall–Kier alpha value is -1.43. The summed E-state index contributed by atoms with van der Waals surface area (Å²) in [6.07, 6.45) is 4.44. The van der Waals surface area contributed by atoms with Gasteiger partial charge in [-0.1, -0.05) is 34.1 Å². The number of ketones is 1. The maximum absolute atomic E-state index is 11.6. The summed E-state index contributed by atoms with van der Waals surface area (Å²) in [6.45, 7) is 9.74. The van der Waals surface area contributed by atoms with Crippen molar-refractivity contribution < 1.29 is 19.1 Å². The number of hydrogen-bond acceptors (Lipinski definition) is 4. The van der Waals surface area contributed by atoms with Gasteiger partial charge in [0.1, 0.15) is 5.78 Å². The maximum Gasteiger partial charge on any atom is 0.220 e. The molecule has 25 heavy (non-hydrogen) atoms. The van der Waals surface area contributed by atoms with E-state index in [0.717, 1.165) is 6.42 Å². The molecule has 0 radical (unpaired) electrons. The van der Waals surface area contributed by atoms with Gasteiger partial charge < -0.3 is 15.4 Å². The molecule has 0 heterocycles. The lowest BCUT2D eigenvalue weighted by atomic mass is 10.0. The molecule has 0 atom stereocenters. The van der Waals surface area contributed by atoms with E-state index in [2.05, 4.69) is 24.5 Å². The molecule has 6 heteroatoms. The van der Waals surface area contributed by atoms with Crippen LogP contribution in [0.4, 0.5) is 0 Å². The molecule has 6 nitrogen and oxygen atoms in total. The summed E-state index contributed by atoms with van der Waals surface area (Å²) in [5.41, 5.74) is 0. The van der Waals surface area contributed by atoms with Crippen molar-refractivity contribution in [2.75, 3.05) is 26.8 Å². The molecule has 0 unspecified atom stereocenters. The number of rotatable bonds is 13. The molecule has 0 spiro atoms. The number of carbonyl (C=O) groups is 3. The van der Waals surface area contributed by atoms with Gasteiger partial charge in [-0.15, -0.1) is 0 Å². The predicted molar refractivity (Wildman–Crippen MR) is 101 cm³/mol. The highest BCUT2D eigenvalue weighted by atomic mass is 16.5. The fraction of sp³-hybridized carbons (Fsp3) is 0.842. The van der Waals surface area contributed by atoms with Gasteiger partial charge >= 0.3 is 0 Å². The van der Waals surface area contributed by atoms with Gasteiger partial charge in [0, 0.05) is 52.0 Å². The summed E-state index contributed by atoms with van der Waals surface area (Å²) in [4.78, 5) is 34.4. The summed E-state index contributed by atoms with van der Waals surface area (Å²) in [7, 11) is 1.62. The summed E-state index contributed by atoms with van der Waals surface area (Å²) < 4.78 is 4.89. The summed E-state index contributed by atoms with van der Waals surface area (Å²) >= 11 is 0. The van der Waals surface area contributed by atoms with E-state index in [0.29, 0.717) is 51.8 Å². The minimum absolute atomic E-state index is 0.0357. The summed E-state index contributed by atoms with van der Waals surface area (Å²) in [6, 6.07) is 0. The van der Waals surface area contributed by atoms with E-state index < -0.39 is 0 Å². The molecule has 0 aliphatic heterocycles. The molecular formula is C19H38N2O4. The highest BCUT2D eigenvalue weighted by Crippen LogP contribution is 2.01. The lowest BCUT2D eigenvalue weighted by molar-refractivity contribution is -0.124. The molecule has 0 aromatic carbocycles. The Morgan fingerprint density at radius 2 is 1.32 bits per heavy atom. The minimum atomic E-state index is -0.0656. The lowest BCUT2D eigenvalue weighted by Gasteiger charge is -2.07. The Bertz CT molecular complexity index is 357. The van der Waals surface area contributed by atoms with E-state index in [4.69, 9.17) is 4.74 Å². The molecule has 2 amide bonds. The highest BCUT2D eigenvalue weighted by molar-refractivity contribution is 5.80. The van der Waals surface area contributed by atoms with E-state index >= 15 is 0 Å². The minimum Gasteiger partial charge on any atom is -0.385 e. The second-order valence-electron chi connectivity index (χ2n) is 6.33. The number of hydrogen-bond donors (Lipinski definition) is 2. The number of carbonyl (C=O) groups excluding carboxylic acids is 3. The van der Waals surface area contributed by atoms with Crippen LogP contribution in [0.15, 0.2) is 0 Å². The molecule has 0 rings (SSSR count). The van der Waals surface area contributed by atoms with Gasteiger partial charge in [0.15, 0.2) is 0 Å². The third kappa shape index (κ3) is 20.5. The fourth-order valence-electron chi connectivity index (χ4n) is 1.81. The Kier molecular flexibility index (Phi) is 19.5. The maximum atomic E-state index is 11.6. The standard InChI is InChI=1S/C16H30N2O4.C3H8/c1-13(2)14(19)7-5-10-17-15(20)8-4-9-16(21)18-11-6-12-22-3;1-3-2/h13H,4-12H2,1-3H3,(H,17,20)(H,18,21);3H2,1-2H3. The zero-order valence-corrected chi connectivity index (χ0v) is 16.8. The van der Waals surface area contributed by atoms with Crippen molar-refractivity contribution >= 4 is 17.6 Å². The molecule has 148 valence electrons. The lowest BCUT2D eigenvalue weighted by Crippen LogP contribution is -2.27. The second-order valence-corrected chi connectivity index (χ2v) is 6.33. The van der Waals surface area contributed by atoms with Crippen molar-refractivity contribution in [3.8, 4) is 0 Å². The topological polar surface area (TPSA) is 84.5 Å². The van der Waals surface area contributed by atoms with Gasteiger partial charge in [-0.25, -0.2) is 0 Å². The smallest absolute Gasteiger partial charge is 0.220 e. The molecule has 0 aliphatic carbocycles. The van der Waals surface area contributed by atoms with E-state index in [1.807, 2.05) is 13.8 Å². The molecule has 0 aromatic heterocycles. The van der Waals surface area contributed by atoms with Gasteiger partial charge in [-0.05, 0) is 19.3 Å². The number of Topliss-reactive ketones (excluding diaryl/α,β-unsaturated/α-hetero) is 1. The van der Waals surface area contributed by atoms with Crippen molar-refractivity contribution in [1.82, 2.24) is 10.6 Å². The average Bonchev–Trinajstić information content (AvgIpc) is 2.56. The molecule has 0 bridgehead atoms. The summed E-state index contributed by atoms with van der Waals surface area (Å²) in [5, 5.41) is 5.55. The van der Waals surface area contributed by atoms with Crippen LogP contribution in [0.3, 0.4) is 0 Å². The quantitative estimate of drug-likeness (QED) is 0.496. The Balaban J connectivity index is 0. The average molecular weight is 359 g/mol. The Morgan fingerprint density at radius 3 is 1.76 bits per heavy atom. The van der Waals surface area contributed by atoms with Crippen LogP contribution in [-0.4, -0.2) is 44.4 Å². The molecule has 0 aliphatic rings. The van der Waals surface area contributed by atoms with Crippen LogP contribution < -0.4 is 10.6 Å². The predicted octanol–water partition coefficient (Wildman–Crippen LogP) is 2.85. The molecule has 0 saturated carbocycles. The van der Waals surface area contributed by atoms with Crippen molar-refractivity contribution in [3.63, 3.8) is 0 Å². The fourth-order valence-corrected chi connectivity index (χ4v) is 1.81. The molecule has 0 saturated heterocycles. The highest BCUT2D eigenvalue weighted by Gasteiger charge is 2.07. The Morgan fingerprint density at radius 1 is 0.840 bits per heavy atom. The number of amides is 2. The van der Waals surface area contributed by atoms with Gasteiger partial charge in [-0.2, -0.15) is 0 Å². The van der Waals surface area contributed by atoms with E-state index in [-0.39, 0.29) is 23.5 Å². The van der Waals surface area contributed by atoms with Crippen molar-refractivity contribution in [2.45, 2.75) is 72.6 Å². The second kappa shape index (κ2) is 18.9. The summed E-state index contributed by atoms with van der Waals surface area (Å²) in [5.74, 6) is 0.174. The van der Waals surface area contributed by atoms with Gasteiger partial charge in [0.2, 0.25) is 11.8 Å². The van der Waals surface area contributed by atoms with Crippen molar-refractivity contribution in [3.05, 3.63) is 0 Å². The van der Waals surface area contributed by atoms with Crippen LogP contribution in [0.5, 0.6) is 0 Å². The number of methoxy groups -OCH3 is 1. The molecule has 2 N–H and O–H groups in total. The van der Waals surface area contributed by atoms with Crippen molar-refractivity contribution in [1.29, 1.82) is 0 Å². The van der Waals surface area contributed by atoms with Crippen LogP contribution in [-0.2, 0) is 19.1 Å². The van der Waals surface area contributed by atoms with E-state index in [1.165, 1.54) is 6.42 Å². The van der Waals surface area contributed by atoms with Crippen LogP contribution in [0, 0.1) is 5.92 Å². The SMILES string of the molecule is CCC.COCCCNC(=O)CCCC(=O)NCCCC(=O)C(C)C.